The van der Waals surface area contributed by atoms with Crippen LogP contribution >= 0.6 is 0 Å². The minimum Gasteiger partial charge on any atom is -0.444 e. The molecule has 2 saturated heterocycles. The first kappa shape index (κ1) is 31.7. The molecule has 0 aliphatic carbocycles. The summed E-state index contributed by atoms with van der Waals surface area (Å²) in [5.74, 6) is 1.54. The summed E-state index contributed by atoms with van der Waals surface area (Å²) in [6.45, 7) is 12.6. The van der Waals surface area contributed by atoms with Crippen LogP contribution in [0.3, 0.4) is 0 Å². The van der Waals surface area contributed by atoms with Gasteiger partial charge in [0, 0.05) is 35.8 Å². The van der Waals surface area contributed by atoms with Crippen molar-refractivity contribution in [3.05, 3.63) is 66.5 Å². The highest BCUT2D eigenvalue weighted by Gasteiger charge is 2.36. The van der Waals surface area contributed by atoms with Crippen LogP contribution in [0.1, 0.15) is 91.0 Å². The predicted molar refractivity (Wildman–Crippen MR) is 184 cm³/mol. The van der Waals surface area contributed by atoms with Crippen molar-refractivity contribution in [1.82, 2.24) is 34.7 Å². The monoisotopic (exact) mass is 649 g/mol. The van der Waals surface area contributed by atoms with E-state index in [1.807, 2.05) is 66.1 Å². The number of pyridine rings is 1. The van der Waals surface area contributed by atoms with Gasteiger partial charge in [-0.2, -0.15) is 0 Å². The fourth-order valence-corrected chi connectivity index (χ4v) is 6.65. The number of carbonyl (C=O) groups is 2. The summed E-state index contributed by atoms with van der Waals surface area (Å²) in [5.41, 5.74) is 4.37. The maximum absolute atomic E-state index is 12.9. The van der Waals surface area contributed by atoms with Crippen LogP contribution in [0.5, 0.6) is 0 Å². The number of nitrogens with zero attached hydrogens (tertiary/aromatic N) is 5. The molecule has 2 aliphatic rings. The van der Waals surface area contributed by atoms with Gasteiger partial charge in [0.1, 0.15) is 22.9 Å². The molecule has 0 radical (unpaired) electrons. The number of rotatable bonds is 4. The van der Waals surface area contributed by atoms with Crippen LogP contribution in [0.15, 0.2) is 54.9 Å². The number of aromatic amines is 2. The first-order chi connectivity index (χ1) is 22.8. The van der Waals surface area contributed by atoms with Crippen LogP contribution in [-0.2, 0) is 9.47 Å². The highest BCUT2D eigenvalue weighted by atomic mass is 16.6. The van der Waals surface area contributed by atoms with E-state index in [1.54, 1.807) is 9.80 Å². The largest absolute Gasteiger partial charge is 0.444 e. The summed E-state index contributed by atoms with van der Waals surface area (Å²) in [6.07, 6.45) is 6.61. The molecule has 7 rings (SSSR count). The number of benzene rings is 2. The number of amides is 2. The highest BCUT2D eigenvalue weighted by Crippen LogP contribution is 2.35. The lowest BCUT2D eigenvalue weighted by Gasteiger charge is -2.27. The Hall–Kier alpha value is -4.93. The maximum atomic E-state index is 12.9. The molecule has 0 spiro atoms. The normalized spacial score (nSPS) is 18.6. The van der Waals surface area contributed by atoms with E-state index in [4.69, 9.17) is 19.4 Å². The molecule has 2 fully saturated rings. The molecule has 5 aromatic rings. The Morgan fingerprint density at radius 3 is 2.04 bits per heavy atom. The van der Waals surface area contributed by atoms with E-state index in [-0.39, 0.29) is 24.3 Å². The lowest BCUT2D eigenvalue weighted by atomic mass is 10.0. The van der Waals surface area contributed by atoms with Crippen molar-refractivity contribution in [3.63, 3.8) is 0 Å². The number of hydrogen-bond donors (Lipinski definition) is 2. The third kappa shape index (κ3) is 6.46. The van der Waals surface area contributed by atoms with E-state index in [0.717, 1.165) is 81.7 Å². The number of hydrogen-bond acceptors (Lipinski definition) is 7. The van der Waals surface area contributed by atoms with Crippen LogP contribution in [0.25, 0.3) is 44.3 Å². The zero-order valence-electron chi connectivity index (χ0n) is 28.5. The Bertz CT molecular complexity index is 2000. The van der Waals surface area contributed by atoms with Crippen molar-refractivity contribution >= 4 is 34.0 Å². The SMILES string of the molecule is CC(C)(C)OC(=O)N1CCC[C@H]1c1ncc(-c2ccc3cc(-c4ccc5nc([C@@H]6CCCN6C(=O)OC(C)(C)C)[nH]c5c4)ncc3c2)[nH]1. The molecule has 2 atom stereocenters. The molecule has 3 aromatic heterocycles. The van der Waals surface area contributed by atoms with Gasteiger partial charge >= 0.3 is 12.2 Å². The highest BCUT2D eigenvalue weighted by molar-refractivity contribution is 5.90. The van der Waals surface area contributed by atoms with Crippen molar-refractivity contribution in [2.45, 2.75) is 90.5 Å². The van der Waals surface area contributed by atoms with E-state index in [2.05, 4.69) is 45.3 Å². The minimum absolute atomic E-state index is 0.136. The van der Waals surface area contributed by atoms with Gasteiger partial charge in [0.25, 0.3) is 0 Å². The first-order valence-corrected chi connectivity index (χ1v) is 16.8. The van der Waals surface area contributed by atoms with Gasteiger partial charge in [-0.3, -0.25) is 14.8 Å². The second-order valence-corrected chi connectivity index (χ2v) is 14.8. The predicted octanol–water partition coefficient (Wildman–Crippen LogP) is 8.31. The zero-order chi connectivity index (χ0) is 33.8. The Balaban J connectivity index is 1.09. The summed E-state index contributed by atoms with van der Waals surface area (Å²) in [5, 5.41) is 2.08. The average molecular weight is 650 g/mol. The lowest BCUT2D eigenvalue weighted by molar-refractivity contribution is 0.0208. The molecular weight excluding hydrogens is 606 g/mol. The molecule has 2 amide bonds. The summed E-state index contributed by atoms with van der Waals surface area (Å²) < 4.78 is 11.3. The van der Waals surface area contributed by atoms with E-state index in [1.165, 1.54) is 0 Å². The number of nitrogens with one attached hydrogen (secondary N) is 2. The molecule has 0 bridgehead atoms. The average Bonchev–Trinajstić information content (AvgIpc) is 3.84. The van der Waals surface area contributed by atoms with Gasteiger partial charge in [0.05, 0.1) is 40.7 Å². The summed E-state index contributed by atoms with van der Waals surface area (Å²) in [6, 6.07) is 14.2. The van der Waals surface area contributed by atoms with Gasteiger partial charge in [-0.25, -0.2) is 19.6 Å². The van der Waals surface area contributed by atoms with Gasteiger partial charge in [0.15, 0.2) is 0 Å². The quantitative estimate of drug-likeness (QED) is 0.200. The van der Waals surface area contributed by atoms with Gasteiger partial charge < -0.3 is 19.4 Å². The van der Waals surface area contributed by atoms with Crippen molar-refractivity contribution in [2.24, 2.45) is 0 Å². The van der Waals surface area contributed by atoms with Crippen LogP contribution in [-0.4, -0.2) is 71.2 Å². The summed E-state index contributed by atoms with van der Waals surface area (Å²) >= 11 is 0. The van der Waals surface area contributed by atoms with Crippen molar-refractivity contribution in [1.29, 1.82) is 0 Å². The van der Waals surface area contributed by atoms with Crippen LogP contribution in [0, 0.1) is 0 Å². The zero-order valence-corrected chi connectivity index (χ0v) is 28.5. The van der Waals surface area contributed by atoms with Gasteiger partial charge in [-0.15, -0.1) is 0 Å². The fourth-order valence-electron chi connectivity index (χ4n) is 6.65. The number of likely N-dealkylation sites (tertiary alicyclic amines) is 2. The molecule has 0 saturated carbocycles. The Kier molecular flexibility index (Phi) is 7.88. The Morgan fingerprint density at radius 2 is 1.38 bits per heavy atom. The van der Waals surface area contributed by atoms with E-state index in [0.29, 0.717) is 13.1 Å². The number of H-pyrrole nitrogens is 2. The van der Waals surface area contributed by atoms with E-state index in [9.17, 15) is 9.59 Å². The van der Waals surface area contributed by atoms with Crippen molar-refractivity contribution < 1.29 is 19.1 Å². The number of imidazole rings is 2. The van der Waals surface area contributed by atoms with Crippen molar-refractivity contribution in [2.75, 3.05) is 13.1 Å². The van der Waals surface area contributed by atoms with Gasteiger partial charge in [0.2, 0.25) is 0 Å². The topological polar surface area (TPSA) is 129 Å². The molecule has 0 unspecified atom stereocenters. The minimum atomic E-state index is -0.549. The first-order valence-electron chi connectivity index (χ1n) is 16.8. The van der Waals surface area contributed by atoms with Crippen LogP contribution in [0.2, 0.25) is 0 Å². The summed E-state index contributed by atoms with van der Waals surface area (Å²) in [4.78, 5) is 50.5. The van der Waals surface area contributed by atoms with E-state index < -0.39 is 11.2 Å². The second-order valence-electron chi connectivity index (χ2n) is 14.8. The molecule has 2 aromatic carbocycles. The molecule has 5 heterocycles. The van der Waals surface area contributed by atoms with Gasteiger partial charge in [-0.05, 0) is 96.9 Å². The molecule has 2 N–H and O–H groups in total. The molecular formula is C37H43N7O4. The number of aromatic nitrogens is 5. The molecule has 11 heteroatoms. The van der Waals surface area contributed by atoms with Gasteiger partial charge in [-0.1, -0.05) is 18.2 Å². The smallest absolute Gasteiger partial charge is 0.410 e. The maximum Gasteiger partial charge on any atom is 0.410 e. The molecule has 250 valence electrons. The lowest BCUT2D eigenvalue weighted by Crippen LogP contribution is -2.36. The standard InChI is InChI=1S/C37H43N7O4/c1-36(2,3)47-34(45)43-15-7-9-30(43)32-39-21-29(42-32)23-12-11-22-18-27(38-20-25(22)17-23)24-13-14-26-28(19-24)41-33(40-26)31-10-8-16-44(31)35(46)48-37(4,5)6/h11-14,17-21,30-31H,7-10,15-16H2,1-6H3,(H,39,42)(H,40,41)/t30-,31-/m0/s1. The van der Waals surface area contributed by atoms with Crippen molar-refractivity contribution in [3.8, 4) is 22.5 Å². The van der Waals surface area contributed by atoms with Crippen LogP contribution < -0.4 is 0 Å². The molecule has 11 nitrogen and oxygen atoms in total. The second kappa shape index (κ2) is 11.9. The summed E-state index contributed by atoms with van der Waals surface area (Å²) in [7, 11) is 0. The Labute approximate surface area is 280 Å². The number of ether oxygens (including phenoxy) is 2. The molecule has 2 aliphatic heterocycles. The fraction of sp³-hybridized carbons (Fsp3) is 0.432. The number of carbonyl (C=O) groups excluding carboxylic acids is 2. The number of fused-ring (bicyclic) bond motifs is 2. The van der Waals surface area contributed by atoms with E-state index >= 15 is 0 Å². The molecule has 48 heavy (non-hydrogen) atoms. The van der Waals surface area contributed by atoms with Crippen LogP contribution in [0.4, 0.5) is 9.59 Å². The Morgan fingerprint density at radius 1 is 0.729 bits per heavy atom. The third-order valence-electron chi connectivity index (χ3n) is 8.82. The third-order valence-corrected chi connectivity index (χ3v) is 8.82.